The van der Waals surface area contributed by atoms with Crippen LogP contribution in [0.2, 0.25) is 0 Å². The van der Waals surface area contributed by atoms with Gasteiger partial charge in [-0.15, -0.1) is 0 Å². The van der Waals surface area contributed by atoms with Crippen LogP contribution in [-0.2, 0) is 0 Å². The molecule has 0 spiro atoms. The molecule has 0 aromatic heterocycles. The number of hydrogen-bond acceptors (Lipinski definition) is 2. The molecular weight excluding hydrogens is 242 g/mol. The molecule has 0 heterocycles. The smallest absolute Gasteiger partial charge is 0.322 e. The number of halogens is 2. The van der Waals surface area contributed by atoms with E-state index < -0.39 is 17.7 Å². The zero-order valence-electron chi connectivity index (χ0n) is 10.1. The molecule has 0 aliphatic rings. The first kappa shape index (κ1) is 14.4. The monoisotopic (exact) mass is 258 g/mol. The third kappa shape index (κ3) is 3.96. The fraction of sp³-hybridized carbons (Fsp3) is 0.417. The highest BCUT2D eigenvalue weighted by Gasteiger charge is 2.14. The second-order valence-electron chi connectivity index (χ2n) is 3.76. The van der Waals surface area contributed by atoms with E-state index >= 15 is 0 Å². The number of aliphatic hydroxyl groups excluding tert-OH is 1. The number of rotatable bonds is 5. The summed E-state index contributed by atoms with van der Waals surface area (Å²) >= 11 is 0. The Morgan fingerprint density at radius 3 is 2.67 bits per heavy atom. The number of carbonyl (C=O) groups excluding carboxylic acids is 1. The Balaban J connectivity index is 2.72. The van der Waals surface area contributed by atoms with E-state index in [-0.39, 0.29) is 18.8 Å². The minimum atomic E-state index is -0.830. The van der Waals surface area contributed by atoms with Crippen molar-refractivity contribution >= 4 is 11.7 Å². The van der Waals surface area contributed by atoms with Crippen molar-refractivity contribution in [3.63, 3.8) is 0 Å². The van der Waals surface area contributed by atoms with E-state index in [0.29, 0.717) is 12.6 Å². The van der Waals surface area contributed by atoms with Crippen LogP contribution in [0, 0.1) is 11.6 Å². The lowest BCUT2D eigenvalue weighted by atomic mass is 10.3. The summed E-state index contributed by atoms with van der Waals surface area (Å²) in [6, 6.07) is 2.41. The van der Waals surface area contributed by atoms with Crippen LogP contribution in [0.5, 0.6) is 0 Å². The highest BCUT2D eigenvalue weighted by molar-refractivity contribution is 5.89. The second kappa shape index (κ2) is 6.90. The molecule has 18 heavy (non-hydrogen) atoms. The van der Waals surface area contributed by atoms with Crippen molar-refractivity contribution in [2.45, 2.75) is 13.3 Å². The topological polar surface area (TPSA) is 52.6 Å². The van der Waals surface area contributed by atoms with Crippen molar-refractivity contribution in [1.82, 2.24) is 4.90 Å². The number of urea groups is 1. The van der Waals surface area contributed by atoms with Gasteiger partial charge in [-0.3, -0.25) is 0 Å². The first-order chi connectivity index (χ1) is 8.58. The fourth-order valence-electron chi connectivity index (χ4n) is 1.49. The van der Waals surface area contributed by atoms with Crippen LogP contribution in [0.4, 0.5) is 19.3 Å². The number of hydrogen-bond donors (Lipinski definition) is 2. The van der Waals surface area contributed by atoms with Gasteiger partial charge in [-0.05, 0) is 18.6 Å². The normalized spacial score (nSPS) is 10.2. The third-order valence-electron chi connectivity index (χ3n) is 2.32. The Labute approximate surface area is 104 Å². The Kier molecular flexibility index (Phi) is 5.51. The van der Waals surface area contributed by atoms with Gasteiger partial charge in [0.15, 0.2) is 0 Å². The van der Waals surface area contributed by atoms with Crippen molar-refractivity contribution in [2.75, 3.05) is 25.0 Å². The molecule has 0 unspecified atom stereocenters. The standard InChI is InChI=1S/C12H16F2N2O2/c1-2-5-16(6-7-17)12(18)15-11-4-3-9(13)8-10(11)14/h3-4,8,17H,2,5-7H2,1H3,(H,15,18). The molecule has 0 saturated carbocycles. The molecule has 1 rings (SSSR count). The van der Waals surface area contributed by atoms with Crippen LogP contribution in [0.3, 0.4) is 0 Å². The maximum Gasteiger partial charge on any atom is 0.322 e. The zero-order valence-corrected chi connectivity index (χ0v) is 10.1. The van der Waals surface area contributed by atoms with Gasteiger partial charge in [-0.25, -0.2) is 13.6 Å². The van der Waals surface area contributed by atoms with Gasteiger partial charge in [-0.1, -0.05) is 6.92 Å². The SMILES string of the molecule is CCCN(CCO)C(=O)Nc1ccc(F)cc1F. The summed E-state index contributed by atoms with van der Waals surface area (Å²) in [6.45, 7) is 2.34. The number of aliphatic hydroxyl groups is 1. The van der Waals surface area contributed by atoms with Crippen LogP contribution >= 0.6 is 0 Å². The minimum Gasteiger partial charge on any atom is -0.395 e. The first-order valence-corrected chi connectivity index (χ1v) is 5.70. The van der Waals surface area contributed by atoms with Crippen molar-refractivity contribution in [3.05, 3.63) is 29.8 Å². The third-order valence-corrected chi connectivity index (χ3v) is 2.32. The van der Waals surface area contributed by atoms with Gasteiger partial charge in [-0.2, -0.15) is 0 Å². The summed E-state index contributed by atoms with van der Waals surface area (Å²) in [5.41, 5.74) is -0.0829. The molecule has 2 amide bonds. The van der Waals surface area contributed by atoms with Crippen LogP contribution in [0.25, 0.3) is 0 Å². The van der Waals surface area contributed by atoms with Gasteiger partial charge >= 0.3 is 6.03 Å². The molecule has 0 aliphatic heterocycles. The molecule has 1 aromatic carbocycles. The molecule has 6 heteroatoms. The van der Waals surface area contributed by atoms with Crippen LogP contribution in [0.1, 0.15) is 13.3 Å². The van der Waals surface area contributed by atoms with Crippen LogP contribution in [0.15, 0.2) is 18.2 Å². The molecule has 100 valence electrons. The summed E-state index contributed by atoms with van der Waals surface area (Å²) in [4.78, 5) is 13.1. The van der Waals surface area contributed by atoms with E-state index in [1.54, 1.807) is 0 Å². The number of benzene rings is 1. The molecule has 0 aliphatic carbocycles. The first-order valence-electron chi connectivity index (χ1n) is 5.70. The quantitative estimate of drug-likeness (QED) is 0.850. The van der Waals surface area contributed by atoms with E-state index in [2.05, 4.69) is 5.32 Å². The highest BCUT2D eigenvalue weighted by atomic mass is 19.1. The molecule has 0 fully saturated rings. The zero-order chi connectivity index (χ0) is 13.5. The maximum atomic E-state index is 13.3. The lowest BCUT2D eigenvalue weighted by Crippen LogP contribution is -2.37. The minimum absolute atomic E-state index is 0.0829. The van der Waals surface area contributed by atoms with E-state index in [9.17, 15) is 13.6 Å². The lowest BCUT2D eigenvalue weighted by Gasteiger charge is -2.21. The number of nitrogens with one attached hydrogen (secondary N) is 1. The molecule has 0 atom stereocenters. The average molecular weight is 258 g/mol. The largest absolute Gasteiger partial charge is 0.395 e. The predicted molar refractivity (Wildman–Crippen MR) is 64.3 cm³/mol. The van der Waals surface area contributed by atoms with Gasteiger partial charge in [0.2, 0.25) is 0 Å². The Morgan fingerprint density at radius 1 is 1.39 bits per heavy atom. The number of nitrogens with zero attached hydrogens (tertiary/aromatic N) is 1. The molecule has 0 saturated heterocycles. The van der Waals surface area contributed by atoms with Crippen molar-refractivity contribution in [3.8, 4) is 0 Å². The molecule has 0 radical (unpaired) electrons. The Bertz CT molecular complexity index is 407. The number of carbonyl (C=O) groups is 1. The maximum absolute atomic E-state index is 13.3. The Hall–Kier alpha value is -1.69. The number of anilines is 1. The molecule has 0 bridgehead atoms. The van der Waals surface area contributed by atoms with Crippen molar-refractivity contribution < 1.29 is 18.7 Å². The number of amides is 2. The van der Waals surface area contributed by atoms with E-state index in [1.807, 2.05) is 6.92 Å². The molecular formula is C12H16F2N2O2. The van der Waals surface area contributed by atoms with Gasteiger partial charge in [0, 0.05) is 19.2 Å². The van der Waals surface area contributed by atoms with Gasteiger partial charge in [0.1, 0.15) is 11.6 Å². The van der Waals surface area contributed by atoms with E-state index in [4.69, 9.17) is 5.11 Å². The predicted octanol–water partition coefficient (Wildman–Crippen LogP) is 2.20. The van der Waals surface area contributed by atoms with Gasteiger partial charge < -0.3 is 15.3 Å². The summed E-state index contributed by atoms with van der Waals surface area (Å²) in [6.07, 6.45) is 0.722. The summed E-state index contributed by atoms with van der Waals surface area (Å²) < 4.78 is 26.0. The summed E-state index contributed by atoms with van der Waals surface area (Å²) in [7, 11) is 0. The molecule has 4 nitrogen and oxygen atoms in total. The second-order valence-corrected chi connectivity index (χ2v) is 3.76. The van der Waals surface area contributed by atoms with E-state index in [0.717, 1.165) is 18.6 Å². The lowest BCUT2D eigenvalue weighted by molar-refractivity contribution is 0.188. The van der Waals surface area contributed by atoms with Crippen LogP contribution in [-0.4, -0.2) is 35.7 Å². The van der Waals surface area contributed by atoms with E-state index in [1.165, 1.54) is 4.90 Å². The Morgan fingerprint density at radius 2 is 2.11 bits per heavy atom. The fourth-order valence-corrected chi connectivity index (χ4v) is 1.49. The van der Waals surface area contributed by atoms with Crippen molar-refractivity contribution in [2.24, 2.45) is 0 Å². The molecule has 1 aromatic rings. The van der Waals surface area contributed by atoms with Gasteiger partial charge in [0.25, 0.3) is 0 Å². The average Bonchev–Trinajstić information content (AvgIpc) is 2.32. The summed E-state index contributed by atoms with van der Waals surface area (Å²) in [5, 5.41) is 11.2. The van der Waals surface area contributed by atoms with Crippen LogP contribution < -0.4 is 5.32 Å². The molecule has 2 N–H and O–H groups in total. The van der Waals surface area contributed by atoms with Gasteiger partial charge in [0.05, 0.1) is 12.3 Å². The summed E-state index contributed by atoms with van der Waals surface area (Å²) in [5.74, 6) is -1.53. The van der Waals surface area contributed by atoms with Crippen molar-refractivity contribution in [1.29, 1.82) is 0 Å². The highest BCUT2D eigenvalue weighted by Crippen LogP contribution is 2.15.